The topological polar surface area (TPSA) is 54.0 Å². The number of hydrogen-bond acceptors (Lipinski definition) is 5. The van der Waals surface area contributed by atoms with E-state index in [2.05, 4.69) is 104 Å². The molecule has 1 aliphatic rings. The van der Waals surface area contributed by atoms with Crippen LogP contribution in [0.3, 0.4) is 0 Å². The van der Waals surface area contributed by atoms with E-state index in [0.717, 1.165) is 51.4 Å². The lowest BCUT2D eigenvalue weighted by Crippen LogP contribution is -2.42. The zero-order valence-corrected chi connectivity index (χ0v) is 36.7. The number of aryl methyl sites for hydroxylation is 1. The monoisotopic (exact) mass is 733 g/mol. The van der Waals surface area contributed by atoms with Crippen LogP contribution in [-0.4, -0.2) is 55.3 Å². The Morgan fingerprint density at radius 2 is 1.39 bits per heavy atom. The first-order valence-electron chi connectivity index (χ1n) is 20.2. The van der Waals surface area contributed by atoms with Gasteiger partial charge in [-0.15, -0.1) is 0 Å². The Balaban J connectivity index is 2.36. The van der Waals surface area contributed by atoms with E-state index >= 15 is 0 Å². The number of rotatable bonds is 25. The number of hydrogen-bond donors (Lipinski definition) is 0. The molecule has 2 rings (SSSR count). The molecule has 1 aromatic rings. The van der Waals surface area contributed by atoms with E-state index < -0.39 is 25.0 Å². The van der Waals surface area contributed by atoms with Crippen molar-refractivity contribution in [3.05, 3.63) is 48.0 Å². The van der Waals surface area contributed by atoms with E-state index in [4.69, 9.17) is 18.0 Å². The van der Waals surface area contributed by atoms with E-state index in [0.29, 0.717) is 18.3 Å². The van der Waals surface area contributed by atoms with Gasteiger partial charge in [-0.1, -0.05) is 84.0 Å². The van der Waals surface area contributed by atoms with Crippen molar-refractivity contribution in [2.24, 2.45) is 11.8 Å². The molecule has 0 heterocycles. The van der Waals surface area contributed by atoms with Crippen molar-refractivity contribution in [1.29, 1.82) is 0 Å². The third kappa shape index (κ3) is 15.2. The second-order valence-corrected chi connectivity index (χ2v) is 29.9. The molecule has 8 heteroatoms. The molecular formula is C41H76O5Si3. The van der Waals surface area contributed by atoms with Gasteiger partial charge in [-0.25, -0.2) is 0 Å². The molecule has 0 aromatic heterocycles. The zero-order chi connectivity index (χ0) is 36.5. The largest absolute Gasteiger partial charge is 0.463 e. The lowest BCUT2D eigenvalue weighted by Gasteiger charge is -2.36. The summed E-state index contributed by atoms with van der Waals surface area (Å²) in [6.45, 7) is 25.0. The van der Waals surface area contributed by atoms with Gasteiger partial charge in [0.25, 0.3) is 0 Å². The third-order valence-corrected chi connectivity index (χ3v) is 21.7. The summed E-state index contributed by atoms with van der Waals surface area (Å²) in [6, 6.07) is 18.0. The van der Waals surface area contributed by atoms with Crippen LogP contribution in [-0.2, 0) is 29.2 Å². The quantitative estimate of drug-likeness (QED) is 0.0433. The molecule has 1 aliphatic carbocycles. The second-order valence-electron chi connectivity index (χ2n) is 16.0. The van der Waals surface area contributed by atoms with E-state index in [9.17, 15) is 4.79 Å². The van der Waals surface area contributed by atoms with Gasteiger partial charge in [0.2, 0.25) is 0 Å². The van der Waals surface area contributed by atoms with Crippen LogP contribution in [0.25, 0.3) is 0 Å². The van der Waals surface area contributed by atoms with Crippen LogP contribution in [0.4, 0.5) is 0 Å². The molecule has 49 heavy (non-hydrogen) atoms. The minimum Gasteiger partial charge on any atom is -0.463 e. The standard InChI is InChI=1S/C41H76O5Si3/c1-12-48(13-2,14-3)44-36(30-29-35-25-21-20-22-26-35)31-32-38-37(27-23-18-19-24-28-41(42)43-34(7)8)40(33-39(38)45-47(9,10)11)46-49(15-4,16-5)17-6/h18,20-23,25-26,34,36-40H,12-17,19,24,27-33H2,1-11H3/b23-18-/t36-,37+,38+,39+,40-/m0/s1. The number of allylic oxidation sites excluding steroid dienone is 2. The van der Waals surface area contributed by atoms with Gasteiger partial charge >= 0.3 is 5.97 Å². The van der Waals surface area contributed by atoms with Crippen LogP contribution in [0.5, 0.6) is 0 Å². The fourth-order valence-corrected chi connectivity index (χ4v) is 15.0. The molecule has 0 unspecified atom stereocenters. The van der Waals surface area contributed by atoms with E-state index in [1.807, 2.05) is 13.8 Å². The van der Waals surface area contributed by atoms with Gasteiger partial charge < -0.3 is 18.0 Å². The average molecular weight is 733 g/mol. The van der Waals surface area contributed by atoms with Crippen molar-refractivity contribution in [1.82, 2.24) is 0 Å². The highest BCUT2D eigenvalue weighted by atomic mass is 28.4. The first-order valence-corrected chi connectivity index (χ1v) is 28.7. The number of carbonyl (C=O) groups is 1. The van der Waals surface area contributed by atoms with Gasteiger partial charge in [0.05, 0.1) is 18.3 Å². The molecule has 0 bridgehead atoms. The Hall–Kier alpha value is -1.04. The van der Waals surface area contributed by atoms with Gasteiger partial charge in [-0.05, 0) is 139 Å². The van der Waals surface area contributed by atoms with Crippen LogP contribution in [0, 0.1) is 11.8 Å². The van der Waals surface area contributed by atoms with Crippen LogP contribution in [0.15, 0.2) is 42.5 Å². The molecule has 0 saturated heterocycles. The highest BCUT2D eigenvalue weighted by molar-refractivity contribution is 6.74. The molecule has 1 fully saturated rings. The SMILES string of the molecule is CC[Si](CC)(CC)O[C@@H](CCc1ccccc1)CC[C@@H]1[C@@H](C/C=C\CCCC(=O)OC(C)C)[C@@H](O[Si](CC)(CC)CC)C[C@H]1O[Si](C)(C)C. The molecule has 1 saturated carbocycles. The molecule has 0 spiro atoms. The van der Waals surface area contributed by atoms with E-state index in [-0.39, 0.29) is 30.4 Å². The summed E-state index contributed by atoms with van der Waals surface area (Å²) < 4.78 is 27.1. The molecular weight excluding hydrogens is 657 g/mol. The Morgan fingerprint density at radius 3 is 1.94 bits per heavy atom. The van der Waals surface area contributed by atoms with Gasteiger partial charge in [0, 0.05) is 12.5 Å². The fraction of sp³-hybridized carbons (Fsp3) is 0.780. The normalized spacial score (nSPS) is 21.1. The second kappa shape index (κ2) is 22.1. The highest BCUT2D eigenvalue weighted by Crippen LogP contribution is 2.45. The molecule has 0 radical (unpaired) electrons. The van der Waals surface area contributed by atoms with Crippen molar-refractivity contribution in [3.8, 4) is 0 Å². The van der Waals surface area contributed by atoms with Crippen LogP contribution >= 0.6 is 0 Å². The smallest absolute Gasteiger partial charge is 0.306 e. The van der Waals surface area contributed by atoms with Crippen molar-refractivity contribution in [3.63, 3.8) is 0 Å². The maximum absolute atomic E-state index is 12.1. The predicted octanol–water partition coefficient (Wildman–Crippen LogP) is 12.1. The van der Waals surface area contributed by atoms with Crippen molar-refractivity contribution >= 4 is 30.9 Å². The molecule has 282 valence electrons. The molecule has 0 amide bonds. The van der Waals surface area contributed by atoms with Gasteiger partial charge in [0.1, 0.15) is 0 Å². The molecule has 5 nitrogen and oxygen atoms in total. The number of benzene rings is 1. The molecule has 0 N–H and O–H groups in total. The van der Waals surface area contributed by atoms with Crippen LogP contribution < -0.4 is 0 Å². The zero-order valence-electron chi connectivity index (χ0n) is 33.7. The van der Waals surface area contributed by atoms with E-state index in [1.54, 1.807) is 0 Å². The van der Waals surface area contributed by atoms with Crippen molar-refractivity contribution in [2.75, 3.05) is 0 Å². The number of ether oxygens (including phenoxy) is 1. The lowest BCUT2D eigenvalue weighted by molar-refractivity contribution is -0.147. The highest BCUT2D eigenvalue weighted by Gasteiger charge is 2.48. The lowest BCUT2D eigenvalue weighted by atomic mass is 9.85. The minimum atomic E-state index is -1.81. The van der Waals surface area contributed by atoms with Crippen molar-refractivity contribution < 1.29 is 22.8 Å². The number of carbonyl (C=O) groups excluding carboxylic acids is 1. The Labute approximate surface area is 306 Å². The van der Waals surface area contributed by atoms with Crippen LogP contribution in [0.2, 0.25) is 55.9 Å². The van der Waals surface area contributed by atoms with Gasteiger partial charge in [-0.3, -0.25) is 4.79 Å². The predicted molar refractivity (Wildman–Crippen MR) is 217 cm³/mol. The number of esters is 1. The summed E-state index contributed by atoms with van der Waals surface area (Å²) in [4.78, 5) is 12.1. The Kier molecular flexibility index (Phi) is 19.9. The van der Waals surface area contributed by atoms with Crippen LogP contribution in [0.1, 0.15) is 112 Å². The van der Waals surface area contributed by atoms with Gasteiger partial charge in [-0.2, -0.15) is 0 Å². The summed E-state index contributed by atoms with van der Waals surface area (Å²) >= 11 is 0. The summed E-state index contributed by atoms with van der Waals surface area (Å²) in [5.74, 6) is 0.785. The third-order valence-electron chi connectivity index (χ3n) is 11.3. The fourth-order valence-electron chi connectivity index (χ4n) is 7.93. The summed E-state index contributed by atoms with van der Waals surface area (Å²) in [7, 11) is -5.36. The summed E-state index contributed by atoms with van der Waals surface area (Å²) in [5, 5.41) is 0. The Bertz CT molecular complexity index is 1050. The first kappa shape index (κ1) is 44.1. The van der Waals surface area contributed by atoms with Crippen molar-refractivity contribution in [2.45, 2.75) is 193 Å². The van der Waals surface area contributed by atoms with Gasteiger partial charge in [0.15, 0.2) is 25.0 Å². The van der Waals surface area contributed by atoms with E-state index in [1.165, 1.54) is 41.8 Å². The maximum Gasteiger partial charge on any atom is 0.306 e. The Morgan fingerprint density at radius 1 is 0.796 bits per heavy atom. The first-order chi connectivity index (χ1) is 23.3. The summed E-state index contributed by atoms with van der Waals surface area (Å²) in [5.41, 5.74) is 1.41. The molecule has 0 aliphatic heterocycles. The maximum atomic E-state index is 12.1. The summed E-state index contributed by atoms with van der Waals surface area (Å²) in [6.07, 6.45) is 13.9. The molecule has 1 aromatic carbocycles. The molecule has 5 atom stereocenters. The minimum absolute atomic E-state index is 0.0522. The average Bonchev–Trinajstić information content (AvgIpc) is 3.38. The number of unbranched alkanes of at least 4 members (excludes halogenated alkanes) is 1.